The zero-order valence-electron chi connectivity index (χ0n) is 7.41. The maximum absolute atomic E-state index is 10.6. The SMILES string of the molecule is O=C(O)[C@H](Cc1cnc[nH]1)NS(=O)(=O)O. The molecule has 0 spiro atoms. The fourth-order valence-electron chi connectivity index (χ4n) is 0.975. The van der Waals surface area contributed by atoms with Crippen LogP contribution in [0.15, 0.2) is 12.5 Å². The second kappa shape index (κ2) is 4.38. The van der Waals surface area contributed by atoms with Gasteiger partial charge in [-0.1, -0.05) is 0 Å². The Morgan fingerprint density at radius 3 is 2.73 bits per heavy atom. The van der Waals surface area contributed by atoms with Crippen LogP contribution in [-0.4, -0.2) is 40.1 Å². The number of imidazole rings is 1. The Morgan fingerprint density at radius 1 is 1.67 bits per heavy atom. The van der Waals surface area contributed by atoms with Crippen LogP contribution in [-0.2, 0) is 21.5 Å². The van der Waals surface area contributed by atoms with Crippen molar-refractivity contribution >= 4 is 16.3 Å². The number of aromatic amines is 1. The molecule has 0 bridgehead atoms. The van der Waals surface area contributed by atoms with Gasteiger partial charge in [-0.3, -0.25) is 9.35 Å². The highest BCUT2D eigenvalue weighted by Gasteiger charge is 2.23. The molecule has 1 heterocycles. The minimum absolute atomic E-state index is 0.130. The number of carboxylic acid groups (broad SMARTS) is 1. The lowest BCUT2D eigenvalue weighted by Crippen LogP contribution is -2.41. The molecule has 15 heavy (non-hydrogen) atoms. The summed E-state index contributed by atoms with van der Waals surface area (Å²) in [4.78, 5) is 16.9. The van der Waals surface area contributed by atoms with Crippen molar-refractivity contribution in [2.75, 3.05) is 0 Å². The molecule has 0 aliphatic carbocycles. The molecule has 1 atom stereocenters. The summed E-state index contributed by atoms with van der Waals surface area (Å²) in [6, 6.07) is -1.43. The first kappa shape index (κ1) is 11.6. The second-order valence-electron chi connectivity index (χ2n) is 2.76. The highest BCUT2D eigenvalue weighted by Crippen LogP contribution is 1.99. The summed E-state index contributed by atoms with van der Waals surface area (Å²) in [6.45, 7) is 0. The van der Waals surface area contributed by atoms with Gasteiger partial charge in [0, 0.05) is 18.3 Å². The normalized spacial score (nSPS) is 13.7. The van der Waals surface area contributed by atoms with Gasteiger partial charge in [-0.15, -0.1) is 0 Å². The van der Waals surface area contributed by atoms with Crippen LogP contribution < -0.4 is 4.72 Å². The number of carbonyl (C=O) groups is 1. The summed E-state index contributed by atoms with van der Waals surface area (Å²) in [5, 5.41) is 8.66. The maximum Gasteiger partial charge on any atom is 0.334 e. The molecule has 4 N–H and O–H groups in total. The Morgan fingerprint density at radius 2 is 2.33 bits per heavy atom. The Balaban J connectivity index is 2.72. The molecule has 0 aliphatic rings. The first-order valence-electron chi connectivity index (χ1n) is 3.83. The lowest BCUT2D eigenvalue weighted by Gasteiger charge is -2.10. The molecule has 0 aliphatic heterocycles. The molecule has 0 unspecified atom stereocenters. The third-order valence-electron chi connectivity index (χ3n) is 1.57. The highest BCUT2D eigenvalue weighted by atomic mass is 32.2. The molecule has 1 aromatic heterocycles. The number of nitrogens with one attached hydrogen (secondary N) is 2. The molecule has 0 fully saturated rings. The number of nitrogens with zero attached hydrogens (tertiary/aromatic N) is 1. The van der Waals surface area contributed by atoms with Crippen molar-refractivity contribution in [1.29, 1.82) is 0 Å². The van der Waals surface area contributed by atoms with Gasteiger partial charge in [-0.05, 0) is 0 Å². The van der Waals surface area contributed by atoms with E-state index in [0.717, 1.165) is 0 Å². The van der Waals surface area contributed by atoms with Crippen LogP contribution in [0.25, 0.3) is 0 Å². The quantitative estimate of drug-likeness (QED) is 0.474. The molecule has 1 aromatic rings. The predicted molar refractivity (Wildman–Crippen MR) is 48.4 cm³/mol. The number of carboxylic acids is 1. The fraction of sp³-hybridized carbons (Fsp3) is 0.333. The Bertz CT molecular complexity index is 426. The van der Waals surface area contributed by atoms with Gasteiger partial charge < -0.3 is 10.1 Å². The molecule has 0 saturated carbocycles. The minimum Gasteiger partial charge on any atom is -0.480 e. The summed E-state index contributed by atoms with van der Waals surface area (Å²) >= 11 is 0. The van der Waals surface area contributed by atoms with Crippen LogP contribution in [0, 0.1) is 0 Å². The summed E-state index contributed by atoms with van der Waals surface area (Å²) < 4.78 is 30.9. The number of aromatic nitrogens is 2. The van der Waals surface area contributed by atoms with E-state index in [9.17, 15) is 13.2 Å². The van der Waals surface area contributed by atoms with E-state index >= 15 is 0 Å². The van der Waals surface area contributed by atoms with Crippen molar-refractivity contribution in [3.63, 3.8) is 0 Å². The van der Waals surface area contributed by atoms with Crippen molar-refractivity contribution in [3.05, 3.63) is 18.2 Å². The second-order valence-corrected chi connectivity index (χ2v) is 3.95. The van der Waals surface area contributed by atoms with E-state index in [1.807, 2.05) is 0 Å². The third-order valence-corrected chi connectivity index (χ3v) is 2.15. The lowest BCUT2D eigenvalue weighted by molar-refractivity contribution is -0.139. The third kappa shape index (κ3) is 4.06. The predicted octanol–water partition coefficient (Wildman–Crippen LogP) is -1.20. The van der Waals surface area contributed by atoms with Gasteiger partial charge in [0.15, 0.2) is 0 Å². The number of aliphatic carboxylic acids is 1. The molecular weight excluding hydrogens is 226 g/mol. The molecular formula is C6H9N3O5S. The lowest BCUT2D eigenvalue weighted by atomic mass is 10.2. The summed E-state index contributed by atoms with van der Waals surface area (Å²) in [5.74, 6) is -1.39. The van der Waals surface area contributed by atoms with E-state index in [1.54, 1.807) is 4.72 Å². The van der Waals surface area contributed by atoms with Gasteiger partial charge in [-0.25, -0.2) is 4.98 Å². The van der Waals surface area contributed by atoms with E-state index in [2.05, 4.69) is 9.97 Å². The number of rotatable bonds is 5. The molecule has 0 amide bonds. The fourth-order valence-corrected chi connectivity index (χ4v) is 1.52. The van der Waals surface area contributed by atoms with Gasteiger partial charge in [0.1, 0.15) is 6.04 Å². The smallest absolute Gasteiger partial charge is 0.334 e. The van der Waals surface area contributed by atoms with E-state index in [1.165, 1.54) is 12.5 Å². The van der Waals surface area contributed by atoms with Gasteiger partial charge in [0.2, 0.25) is 0 Å². The van der Waals surface area contributed by atoms with E-state index in [-0.39, 0.29) is 6.42 Å². The van der Waals surface area contributed by atoms with Gasteiger partial charge >= 0.3 is 16.3 Å². The van der Waals surface area contributed by atoms with Crippen LogP contribution in [0.3, 0.4) is 0 Å². The van der Waals surface area contributed by atoms with Crippen LogP contribution in [0.2, 0.25) is 0 Å². The number of H-pyrrole nitrogens is 1. The van der Waals surface area contributed by atoms with E-state index in [4.69, 9.17) is 9.66 Å². The summed E-state index contributed by atoms with van der Waals surface area (Å²) in [5.41, 5.74) is 0.443. The standard InChI is InChI=1S/C6H9N3O5S/c10-6(11)5(9-15(12,13)14)1-4-2-7-3-8-4/h2-3,5,9H,1H2,(H,7,8)(H,10,11)(H,12,13,14)/t5-/m0/s1. The molecule has 0 radical (unpaired) electrons. The Labute approximate surface area is 85.2 Å². The Kier molecular flexibility index (Phi) is 3.39. The molecule has 84 valence electrons. The van der Waals surface area contributed by atoms with E-state index < -0.39 is 22.3 Å². The monoisotopic (exact) mass is 235 g/mol. The summed E-state index contributed by atoms with van der Waals surface area (Å²) in [7, 11) is -4.54. The zero-order chi connectivity index (χ0) is 11.5. The van der Waals surface area contributed by atoms with Crippen LogP contribution in [0.5, 0.6) is 0 Å². The zero-order valence-corrected chi connectivity index (χ0v) is 8.23. The average Bonchev–Trinajstić information content (AvgIpc) is 2.52. The first-order valence-corrected chi connectivity index (χ1v) is 5.27. The number of hydrogen-bond donors (Lipinski definition) is 4. The van der Waals surface area contributed by atoms with Crippen LogP contribution in [0.1, 0.15) is 5.69 Å². The highest BCUT2D eigenvalue weighted by molar-refractivity contribution is 7.83. The number of hydrogen-bond acceptors (Lipinski definition) is 4. The maximum atomic E-state index is 10.6. The summed E-state index contributed by atoms with van der Waals surface area (Å²) in [6.07, 6.45) is 2.57. The topological polar surface area (TPSA) is 132 Å². The molecule has 1 rings (SSSR count). The van der Waals surface area contributed by atoms with Crippen molar-refractivity contribution in [2.45, 2.75) is 12.5 Å². The Hall–Kier alpha value is -1.45. The molecule has 0 saturated heterocycles. The van der Waals surface area contributed by atoms with Crippen molar-refractivity contribution in [2.24, 2.45) is 0 Å². The van der Waals surface area contributed by atoms with Crippen molar-refractivity contribution < 1.29 is 22.9 Å². The first-order chi connectivity index (χ1) is 6.88. The van der Waals surface area contributed by atoms with Crippen molar-refractivity contribution in [1.82, 2.24) is 14.7 Å². The minimum atomic E-state index is -4.54. The van der Waals surface area contributed by atoms with Gasteiger partial charge in [-0.2, -0.15) is 13.1 Å². The van der Waals surface area contributed by atoms with Gasteiger partial charge in [0.05, 0.1) is 6.33 Å². The van der Waals surface area contributed by atoms with Crippen LogP contribution >= 0.6 is 0 Å². The van der Waals surface area contributed by atoms with Crippen LogP contribution in [0.4, 0.5) is 0 Å². The van der Waals surface area contributed by atoms with Crippen molar-refractivity contribution in [3.8, 4) is 0 Å². The molecule has 8 nitrogen and oxygen atoms in total. The largest absolute Gasteiger partial charge is 0.480 e. The molecule has 9 heteroatoms. The van der Waals surface area contributed by atoms with Gasteiger partial charge in [0.25, 0.3) is 0 Å². The van der Waals surface area contributed by atoms with E-state index in [0.29, 0.717) is 5.69 Å². The average molecular weight is 235 g/mol. The molecule has 0 aromatic carbocycles.